The van der Waals surface area contributed by atoms with Crippen LogP contribution >= 0.6 is 0 Å². The molecule has 108 valence electrons. The van der Waals surface area contributed by atoms with Gasteiger partial charge in [0.25, 0.3) is 0 Å². The Bertz CT molecular complexity index is 516. The normalized spacial score (nSPS) is 20.3. The summed E-state index contributed by atoms with van der Waals surface area (Å²) in [6, 6.07) is 0. The zero-order chi connectivity index (χ0) is 14.2. The van der Waals surface area contributed by atoms with E-state index in [4.69, 9.17) is 9.47 Å². The third-order valence-electron chi connectivity index (χ3n) is 4.24. The third-order valence-corrected chi connectivity index (χ3v) is 4.24. The van der Waals surface area contributed by atoms with Crippen molar-refractivity contribution in [3.05, 3.63) is 23.3 Å². The molecule has 3 rings (SSSR count). The second kappa shape index (κ2) is 5.13. The Morgan fingerprint density at radius 3 is 2.70 bits per heavy atom. The molecule has 0 spiro atoms. The lowest BCUT2D eigenvalue weighted by atomic mass is 9.79. The molecule has 1 aromatic heterocycles. The maximum absolute atomic E-state index is 12.0. The Labute approximate surface area is 118 Å². The molecule has 0 bridgehead atoms. The van der Waals surface area contributed by atoms with Gasteiger partial charge in [-0.15, -0.1) is 0 Å². The average molecular weight is 276 g/mol. The van der Waals surface area contributed by atoms with Crippen LogP contribution < -0.4 is 0 Å². The van der Waals surface area contributed by atoms with E-state index in [2.05, 4.69) is 9.97 Å². The smallest absolute Gasteiger partial charge is 0.341 e. The van der Waals surface area contributed by atoms with E-state index in [0.717, 1.165) is 43.6 Å². The number of rotatable bonds is 5. The topological polar surface area (TPSA) is 61.3 Å². The molecule has 2 aliphatic rings. The number of methoxy groups -OCH3 is 1. The molecule has 0 saturated heterocycles. The molecule has 2 saturated carbocycles. The van der Waals surface area contributed by atoms with E-state index in [1.807, 2.05) is 0 Å². The zero-order valence-electron chi connectivity index (χ0n) is 12.0. The molecule has 0 unspecified atom stereocenters. The lowest BCUT2D eigenvalue weighted by Gasteiger charge is -2.38. The summed E-state index contributed by atoms with van der Waals surface area (Å²) < 4.78 is 10.7. The van der Waals surface area contributed by atoms with Gasteiger partial charge in [-0.3, -0.25) is 0 Å². The van der Waals surface area contributed by atoms with Crippen molar-refractivity contribution in [3.8, 4) is 0 Å². The minimum Gasteiger partial charge on any atom is -0.462 e. The fourth-order valence-electron chi connectivity index (χ4n) is 2.67. The zero-order valence-corrected chi connectivity index (χ0v) is 12.0. The summed E-state index contributed by atoms with van der Waals surface area (Å²) in [4.78, 5) is 21.0. The number of ether oxygens (including phenoxy) is 2. The third kappa shape index (κ3) is 2.20. The summed E-state index contributed by atoms with van der Waals surface area (Å²) in [7, 11) is 1.71. The highest BCUT2D eigenvalue weighted by atomic mass is 16.5. The lowest BCUT2D eigenvalue weighted by Crippen LogP contribution is -2.38. The van der Waals surface area contributed by atoms with Gasteiger partial charge in [0.1, 0.15) is 5.60 Å². The monoisotopic (exact) mass is 276 g/mol. The Morgan fingerprint density at radius 1 is 1.45 bits per heavy atom. The fraction of sp³-hybridized carbons (Fsp3) is 0.667. The Kier molecular flexibility index (Phi) is 3.46. The van der Waals surface area contributed by atoms with E-state index in [1.165, 1.54) is 0 Å². The highest BCUT2D eigenvalue weighted by molar-refractivity contribution is 5.90. The standard InChI is InChI=1S/C15H20N2O3/c1-3-20-13(18)11-9-16-14(15(19-2)7-4-8-15)17-12(11)10-5-6-10/h9-10H,3-8H2,1-2H3. The van der Waals surface area contributed by atoms with Crippen molar-refractivity contribution in [3.63, 3.8) is 0 Å². The molecule has 0 N–H and O–H groups in total. The van der Waals surface area contributed by atoms with E-state index >= 15 is 0 Å². The molecule has 20 heavy (non-hydrogen) atoms. The van der Waals surface area contributed by atoms with Gasteiger partial charge < -0.3 is 9.47 Å². The van der Waals surface area contributed by atoms with Crippen molar-refractivity contribution >= 4 is 5.97 Å². The van der Waals surface area contributed by atoms with Crippen molar-refractivity contribution in [2.45, 2.75) is 50.5 Å². The van der Waals surface area contributed by atoms with Gasteiger partial charge in [0.15, 0.2) is 5.82 Å². The second-order valence-electron chi connectivity index (χ2n) is 5.54. The van der Waals surface area contributed by atoms with Crippen molar-refractivity contribution in [1.29, 1.82) is 0 Å². The summed E-state index contributed by atoms with van der Waals surface area (Å²) in [5.74, 6) is 0.785. The lowest BCUT2D eigenvalue weighted by molar-refractivity contribution is -0.0848. The van der Waals surface area contributed by atoms with Gasteiger partial charge in [0.05, 0.1) is 17.9 Å². The van der Waals surface area contributed by atoms with Crippen LogP contribution in [0.15, 0.2) is 6.20 Å². The van der Waals surface area contributed by atoms with Gasteiger partial charge in [-0.1, -0.05) is 0 Å². The summed E-state index contributed by atoms with van der Waals surface area (Å²) in [6.45, 7) is 2.17. The molecule has 5 nitrogen and oxygen atoms in total. The van der Waals surface area contributed by atoms with Crippen LogP contribution in [-0.4, -0.2) is 29.7 Å². The molecule has 0 amide bonds. The molecular weight excluding hydrogens is 256 g/mol. The first kappa shape index (κ1) is 13.5. The highest BCUT2D eigenvalue weighted by Gasteiger charge is 2.43. The van der Waals surface area contributed by atoms with Crippen LogP contribution in [0.5, 0.6) is 0 Å². The molecule has 1 heterocycles. The Morgan fingerprint density at radius 2 is 2.20 bits per heavy atom. The average Bonchev–Trinajstić information content (AvgIpc) is 3.22. The van der Waals surface area contributed by atoms with E-state index < -0.39 is 0 Å². The molecule has 0 radical (unpaired) electrons. The fourth-order valence-corrected chi connectivity index (χ4v) is 2.67. The molecular formula is C15H20N2O3. The first-order chi connectivity index (χ1) is 9.70. The Hall–Kier alpha value is -1.49. The number of hydrogen-bond donors (Lipinski definition) is 0. The Balaban J connectivity index is 1.96. The van der Waals surface area contributed by atoms with Gasteiger partial charge in [0.2, 0.25) is 0 Å². The summed E-state index contributed by atoms with van der Waals surface area (Å²) in [5.41, 5.74) is 1.03. The minimum absolute atomic E-state index is 0.318. The van der Waals surface area contributed by atoms with Crippen molar-refractivity contribution in [2.75, 3.05) is 13.7 Å². The van der Waals surface area contributed by atoms with Crippen LogP contribution in [0.2, 0.25) is 0 Å². The molecule has 1 aromatic rings. The molecule has 5 heteroatoms. The van der Waals surface area contributed by atoms with Crippen molar-refractivity contribution in [1.82, 2.24) is 9.97 Å². The number of nitrogens with zero attached hydrogens (tertiary/aromatic N) is 2. The largest absolute Gasteiger partial charge is 0.462 e. The molecule has 0 atom stereocenters. The van der Waals surface area contributed by atoms with Gasteiger partial charge in [-0.25, -0.2) is 14.8 Å². The molecule has 2 aliphatic carbocycles. The van der Waals surface area contributed by atoms with E-state index in [-0.39, 0.29) is 11.6 Å². The summed E-state index contributed by atoms with van der Waals surface area (Å²) in [5, 5.41) is 0. The van der Waals surface area contributed by atoms with Gasteiger partial charge in [-0.2, -0.15) is 0 Å². The van der Waals surface area contributed by atoms with Crippen molar-refractivity contribution < 1.29 is 14.3 Å². The van der Waals surface area contributed by atoms with Crippen LogP contribution in [0, 0.1) is 0 Å². The van der Waals surface area contributed by atoms with Crippen LogP contribution in [0.4, 0.5) is 0 Å². The van der Waals surface area contributed by atoms with E-state index in [1.54, 1.807) is 20.2 Å². The minimum atomic E-state index is -0.336. The van der Waals surface area contributed by atoms with Gasteiger partial charge in [-0.05, 0) is 39.0 Å². The quantitative estimate of drug-likeness (QED) is 0.773. The van der Waals surface area contributed by atoms with Crippen molar-refractivity contribution in [2.24, 2.45) is 0 Å². The second-order valence-corrected chi connectivity index (χ2v) is 5.54. The first-order valence-corrected chi connectivity index (χ1v) is 7.30. The van der Waals surface area contributed by atoms with Crippen LogP contribution in [0.25, 0.3) is 0 Å². The summed E-state index contributed by atoms with van der Waals surface area (Å²) in [6.07, 6.45) is 6.83. The van der Waals surface area contributed by atoms with E-state index in [9.17, 15) is 4.79 Å². The van der Waals surface area contributed by atoms with Gasteiger partial charge >= 0.3 is 5.97 Å². The van der Waals surface area contributed by atoms with E-state index in [0.29, 0.717) is 18.1 Å². The van der Waals surface area contributed by atoms with Crippen LogP contribution in [0.1, 0.15) is 66.8 Å². The maximum atomic E-state index is 12.0. The number of aromatic nitrogens is 2. The van der Waals surface area contributed by atoms with Crippen LogP contribution in [-0.2, 0) is 15.1 Å². The number of carbonyl (C=O) groups excluding carboxylic acids is 1. The maximum Gasteiger partial charge on any atom is 0.341 e. The van der Waals surface area contributed by atoms with Gasteiger partial charge in [0, 0.05) is 19.2 Å². The predicted octanol–water partition coefficient (Wildman–Crippen LogP) is 2.56. The molecule has 2 fully saturated rings. The molecule has 0 aromatic carbocycles. The number of hydrogen-bond acceptors (Lipinski definition) is 5. The summed E-state index contributed by atoms with van der Waals surface area (Å²) >= 11 is 0. The predicted molar refractivity (Wildman–Crippen MR) is 72.5 cm³/mol. The SMILES string of the molecule is CCOC(=O)c1cnc(C2(OC)CCC2)nc1C1CC1. The number of esters is 1. The molecule has 0 aliphatic heterocycles. The highest BCUT2D eigenvalue weighted by Crippen LogP contribution is 2.45. The number of carbonyl (C=O) groups is 1. The van der Waals surface area contributed by atoms with Crippen LogP contribution in [0.3, 0.4) is 0 Å². The first-order valence-electron chi connectivity index (χ1n) is 7.30.